The van der Waals surface area contributed by atoms with Crippen molar-refractivity contribution in [2.24, 2.45) is 5.84 Å². The fourth-order valence-corrected chi connectivity index (χ4v) is 1.30. The number of nitrogens with zero attached hydrogens (tertiary/aromatic N) is 3. The molecule has 0 saturated carbocycles. The van der Waals surface area contributed by atoms with Crippen molar-refractivity contribution >= 4 is 11.5 Å². The molecular formula is C9H9F4N5O. The zero-order chi connectivity index (χ0) is 14.0. The Balaban J connectivity index is 2.27. The quantitative estimate of drug-likeness (QED) is 0.490. The number of nitrogens with two attached hydrogens (primary N) is 1. The maximum absolute atomic E-state index is 12.8. The normalized spacial score (nSPS) is 12.1. The van der Waals surface area contributed by atoms with Crippen LogP contribution >= 0.6 is 0 Å². The van der Waals surface area contributed by atoms with Gasteiger partial charge in [0.25, 0.3) is 5.88 Å². The number of rotatable bonds is 5. The fourth-order valence-electron chi connectivity index (χ4n) is 1.30. The van der Waals surface area contributed by atoms with E-state index in [1.807, 2.05) is 0 Å². The van der Waals surface area contributed by atoms with Crippen molar-refractivity contribution in [1.82, 2.24) is 14.4 Å². The van der Waals surface area contributed by atoms with Crippen molar-refractivity contribution in [3.05, 3.63) is 18.6 Å². The summed E-state index contributed by atoms with van der Waals surface area (Å²) in [6, 6.07) is 0. The van der Waals surface area contributed by atoms with E-state index in [4.69, 9.17) is 5.84 Å². The van der Waals surface area contributed by atoms with Crippen LogP contribution in [0.25, 0.3) is 5.65 Å². The lowest BCUT2D eigenvalue weighted by Crippen LogP contribution is -2.34. The largest absolute Gasteiger partial charge is 0.468 e. The van der Waals surface area contributed by atoms with E-state index in [2.05, 4.69) is 20.1 Å². The van der Waals surface area contributed by atoms with Gasteiger partial charge in [-0.3, -0.25) is 4.40 Å². The molecule has 0 unspecified atom stereocenters. The van der Waals surface area contributed by atoms with E-state index >= 15 is 0 Å². The lowest BCUT2D eigenvalue weighted by Gasteiger charge is -2.16. The first-order valence-electron chi connectivity index (χ1n) is 5.03. The average molecular weight is 279 g/mol. The van der Waals surface area contributed by atoms with Gasteiger partial charge in [-0.15, -0.1) is 0 Å². The summed E-state index contributed by atoms with van der Waals surface area (Å²) in [6.07, 6.45) is 0.477. The van der Waals surface area contributed by atoms with Gasteiger partial charge < -0.3 is 10.2 Å². The third-order valence-electron chi connectivity index (χ3n) is 2.21. The lowest BCUT2D eigenvalue weighted by molar-refractivity contribution is -0.148. The Hall–Kier alpha value is -2.10. The molecular weight excluding hydrogens is 270 g/mol. The molecule has 0 amide bonds. The number of alkyl halides is 4. The zero-order valence-corrected chi connectivity index (χ0v) is 9.36. The second-order valence-electron chi connectivity index (χ2n) is 3.58. The summed E-state index contributed by atoms with van der Waals surface area (Å²) in [5.41, 5.74) is 2.31. The predicted molar refractivity (Wildman–Crippen MR) is 57.2 cm³/mol. The summed E-state index contributed by atoms with van der Waals surface area (Å²) in [7, 11) is 0. The predicted octanol–water partition coefficient (Wildman–Crippen LogP) is 1.29. The van der Waals surface area contributed by atoms with E-state index in [1.165, 1.54) is 23.0 Å². The number of nitrogen functional groups attached to an aromatic ring is 1. The SMILES string of the molecule is NNc1cn2ccnc2c(OCC(F)(F)C(F)F)n1. The fraction of sp³-hybridized carbons (Fsp3) is 0.333. The van der Waals surface area contributed by atoms with E-state index in [0.29, 0.717) is 0 Å². The molecule has 0 spiro atoms. The lowest BCUT2D eigenvalue weighted by atomic mass is 10.4. The first-order valence-corrected chi connectivity index (χ1v) is 5.03. The van der Waals surface area contributed by atoms with Gasteiger partial charge in [-0.25, -0.2) is 19.6 Å². The molecule has 104 valence electrons. The minimum absolute atomic E-state index is 0.112. The topological polar surface area (TPSA) is 77.5 Å². The van der Waals surface area contributed by atoms with Crippen LogP contribution in [-0.4, -0.2) is 33.3 Å². The summed E-state index contributed by atoms with van der Waals surface area (Å²) in [5, 5.41) is 0. The van der Waals surface area contributed by atoms with Crippen molar-refractivity contribution in [3.8, 4) is 5.88 Å². The smallest absolute Gasteiger partial charge is 0.340 e. The first-order chi connectivity index (χ1) is 8.94. The number of imidazole rings is 1. The number of fused-ring (bicyclic) bond motifs is 1. The average Bonchev–Trinajstić information content (AvgIpc) is 2.83. The van der Waals surface area contributed by atoms with E-state index in [-0.39, 0.29) is 17.3 Å². The number of halogens is 4. The van der Waals surface area contributed by atoms with Crippen LogP contribution in [0.4, 0.5) is 23.4 Å². The minimum atomic E-state index is -4.27. The highest BCUT2D eigenvalue weighted by Gasteiger charge is 2.42. The molecule has 0 atom stereocenters. The molecule has 19 heavy (non-hydrogen) atoms. The first kappa shape index (κ1) is 13.3. The molecule has 2 aromatic rings. The summed E-state index contributed by atoms with van der Waals surface area (Å²) < 4.78 is 55.6. The van der Waals surface area contributed by atoms with Crippen LogP contribution in [0.3, 0.4) is 0 Å². The Morgan fingerprint density at radius 2 is 2.21 bits per heavy atom. The molecule has 2 heterocycles. The maximum atomic E-state index is 12.8. The van der Waals surface area contributed by atoms with Crippen LogP contribution in [0, 0.1) is 0 Å². The van der Waals surface area contributed by atoms with E-state index < -0.39 is 19.0 Å². The van der Waals surface area contributed by atoms with Gasteiger partial charge in [-0.05, 0) is 0 Å². The van der Waals surface area contributed by atoms with Crippen molar-refractivity contribution in [1.29, 1.82) is 0 Å². The molecule has 0 radical (unpaired) electrons. The summed E-state index contributed by atoms with van der Waals surface area (Å²) >= 11 is 0. The third kappa shape index (κ3) is 2.67. The van der Waals surface area contributed by atoms with Crippen LogP contribution in [0.1, 0.15) is 0 Å². The summed E-state index contributed by atoms with van der Waals surface area (Å²) in [4.78, 5) is 7.55. The molecule has 0 fully saturated rings. The van der Waals surface area contributed by atoms with Crippen molar-refractivity contribution in [2.75, 3.05) is 12.0 Å². The van der Waals surface area contributed by atoms with Gasteiger partial charge in [-0.1, -0.05) is 0 Å². The molecule has 10 heteroatoms. The zero-order valence-electron chi connectivity index (χ0n) is 9.36. The molecule has 0 saturated heterocycles. The molecule has 0 aliphatic carbocycles. The van der Waals surface area contributed by atoms with Crippen LogP contribution in [0.15, 0.2) is 18.6 Å². The van der Waals surface area contributed by atoms with Gasteiger partial charge in [0.2, 0.25) is 5.65 Å². The summed E-state index contributed by atoms with van der Waals surface area (Å²) in [5.74, 6) is 0.665. The van der Waals surface area contributed by atoms with E-state index in [1.54, 1.807) is 0 Å². The second-order valence-corrected chi connectivity index (χ2v) is 3.58. The monoisotopic (exact) mass is 279 g/mol. The number of nitrogens with one attached hydrogen (secondary N) is 1. The van der Waals surface area contributed by atoms with E-state index in [0.717, 1.165) is 0 Å². The van der Waals surface area contributed by atoms with Crippen LogP contribution in [-0.2, 0) is 0 Å². The van der Waals surface area contributed by atoms with Gasteiger partial charge >= 0.3 is 12.3 Å². The van der Waals surface area contributed by atoms with Gasteiger partial charge in [0.1, 0.15) is 0 Å². The van der Waals surface area contributed by atoms with Crippen LogP contribution in [0.2, 0.25) is 0 Å². The molecule has 3 N–H and O–H groups in total. The standard InChI is InChI=1S/C9H9F4N5O/c10-8(11)9(12,13)4-19-7-6-15-1-2-18(6)3-5(16-7)17-14/h1-3,8,17H,4,14H2. The molecule has 2 rings (SSSR count). The maximum Gasteiger partial charge on any atom is 0.340 e. The van der Waals surface area contributed by atoms with Gasteiger partial charge in [0, 0.05) is 12.4 Å². The van der Waals surface area contributed by atoms with Crippen LogP contribution < -0.4 is 16.0 Å². The number of hydrazine groups is 1. The van der Waals surface area contributed by atoms with Gasteiger partial charge in [-0.2, -0.15) is 13.8 Å². The molecule has 0 aliphatic heterocycles. The number of aromatic nitrogens is 3. The molecule has 0 bridgehead atoms. The Morgan fingerprint density at radius 3 is 2.84 bits per heavy atom. The third-order valence-corrected chi connectivity index (χ3v) is 2.21. The number of ether oxygens (including phenoxy) is 1. The second kappa shape index (κ2) is 4.88. The highest BCUT2D eigenvalue weighted by molar-refractivity contribution is 5.53. The minimum Gasteiger partial charge on any atom is -0.468 e. The molecule has 6 nitrogen and oxygen atoms in total. The summed E-state index contributed by atoms with van der Waals surface area (Å²) in [6.45, 7) is -1.51. The van der Waals surface area contributed by atoms with Crippen molar-refractivity contribution < 1.29 is 22.3 Å². The van der Waals surface area contributed by atoms with E-state index in [9.17, 15) is 17.6 Å². The molecule has 0 aliphatic rings. The Bertz CT molecular complexity index is 573. The number of anilines is 1. The Morgan fingerprint density at radius 1 is 1.47 bits per heavy atom. The molecule has 2 aromatic heterocycles. The van der Waals surface area contributed by atoms with Gasteiger partial charge in [0.05, 0.1) is 6.20 Å². The van der Waals surface area contributed by atoms with Crippen molar-refractivity contribution in [3.63, 3.8) is 0 Å². The highest BCUT2D eigenvalue weighted by atomic mass is 19.3. The van der Waals surface area contributed by atoms with Gasteiger partial charge in [0.15, 0.2) is 12.4 Å². The Kier molecular flexibility index (Phi) is 3.42. The molecule has 0 aromatic carbocycles. The van der Waals surface area contributed by atoms with Crippen molar-refractivity contribution in [2.45, 2.75) is 12.3 Å². The Labute approximate surface area is 104 Å². The number of hydrogen-bond acceptors (Lipinski definition) is 5. The van der Waals surface area contributed by atoms with Crippen LogP contribution in [0.5, 0.6) is 5.88 Å². The highest BCUT2D eigenvalue weighted by Crippen LogP contribution is 2.25. The number of hydrogen-bond donors (Lipinski definition) is 2.